The third-order valence-corrected chi connectivity index (χ3v) is 8.23. The quantitative estimate of drug-likeness (QED) is 0.315. The molecule has 5 rings (SSSR count). The lowest BCUT2D eigenvalue weighted by Gasteiger charge is -2.42. The summed E-state index contributed by atoms with van der Waals surface area (Å²) in [6, 6.07) is 6.48. The molecule has 0 bridgehead atoms. The molecule has 0 spiro atoms. The molecule has 0 atom stereocenters. The van der Waals surface area contributed by atoms with E-state index in [1.165, 1.54) is 32.4 Å². The molecular formula is C28H45N9O2S. The Morgan fingerprint density at radius 3 is 2.35 bits per heavy atom. The van der Waals surface area contributed by atoms with Crippen molar-refractivity contribution >= 4 is 41.7 Å². The second-order valence-electron chi connectivity index (χ2n) is 10.5. The van der Waals surface area contributed by atoms with Gasteiger partial charge in [-0.15, -0.1) is 0 Å². The van der Waals surface area contributed by atoms with Crippen molar-refractivity contribution in [1.82, 2.24) is 24.5 Å². The van der Waals surface area contributed by atoms with Crippen LogP contribution in [0.2, 0.25) is 0 Å². The molecule has 12 heteroatoms. The molecule has 2 aromatic rings. The maximum absolute atomic E-state index is 11.9. The smallest absolute Gasteiger partial charge is 0.271 e. The predicted molar refractivity (Wildman–Crippen MR) is 165 cm³/mol. The Bertz CT molecular complexity index is 1100. The number of hydrogen-bond donors (Lipinski definition) is 5. The molecule has 1 aromatic carbocycles. The minimum atomic E-state index is -0.660. The highest BCUT2D eigenvalue weighted by Gasteiger charge is 2.28. The Hall–Kier alpha value is -2.80. The summed E-state index contributed by atoms with van der Waals surface area (Å²) in [7, 11) is 1.66. The summed E-state index contributed by atoms with van der Waals surface area (Å²) in [6.45, 7) is 10.5. The number of nitrogen functional groups attached to an aromatic ring is 1. The number of primary amides is 1. The molecular weight excluding hydrogens is 526 g/mol. The Labute approximate surface area is 243 Å². The highest BCUT2D eigenvalue weighted by Crippen LogP contribution is 2.35. The van der Waals surface area contributed by atoms with Crippen molar-refractivity contribution in [1.29, 1.82) is 0 Å². The minimum absolute atomic E-state index is 0.0647. The first kappa shape index (κ1) is 30.2. The molecule has 3 aliphatic rings. The first-order valence-electron chi connectivity index (χ1n) is 14.4. The van der Waals surface area contributed by atoms with Crippen LogP contribution in [0.4, 0.5) is 23.0 Å². The van der Waals surface area contributed by atoms with E-state index in [4.69, 9.17) is 16.2 Å². The Balaban J connectivity index is 0.000000546. The molecule has 4 heterocycles. The zero-order chi connectivity index (χ0) is 28.5. The summed E-state index contributed by atoms with van der Waals surface area (Å²) in [5.74, 6) is 0.599. The highest BCUT2D eigenvalue weighted by atomic mass is 32.1. The number of carbonyl (C=O) groups excluding carboxylic acids is 1. The fourth-order valence-corrected chi connectivity index (χ4v) is 5.68. The summed E-state index contributed by atoms with van der Waals surface area (Å²) < 4.78 is 7.81. The van der Waals surface area contributed by atoms with E-state index in [0.717, 1.165) is 63.5 Å². The van der Waals surface area contributed by atoms with Crippen molar-refractivity contribution in [3.05, 3.63) is 29.6 Å². The number of piperidine rings is 2. The molecule has 3 fully saturated rings. The molecule has 0 radical (unpaired) electrons. The van der Waals surface area contributed by atoms with Crippen molar-refractivity contribution < 1.29 is 9.53 Å². The second-order valence-corrected chi connectivity index (χ2v) is 11.1. The number of benzene rings is 1. The van der Waals surface area contributed by atoms with E-state index in [2.05, 4.69) is 47.5 Å². The fourth-order valence-electron chi connectivity index (χ4n) is 5.51. The van der Waals surface area contributed by atoms with Gasteiger partial charge in [0, 0.05) is 57.1 Å². The number of nitrogens with two attached hydrogens (primary N) is 2. The largest absolute Gasteiger partial charge is 0.495 e. The maximum Gasteiger partial charge on any atom is 0.271 e. The van der Waals surface area contributed by atoms with Gasteiger partial charge in [-0.3, -0.25) is 14.0 Å². The van der Waals surface area contributed by atoms with Gasteiger partial charge in [0.15, 0.2) is 11.5 Å². The van der Waals surface area contributed by atoms with Crippen LogP contribution in [-0.2, 0) is 6.42 Å². The molecule has 40 heavy (non-hydrogen) atoms. The summed E-state index contributed by atoms with van der Waals surface area (Å²) in [5, 5.41) is 6.42. The highest BCUT2D eigenvalue weighted by molar-refractivity contribution is 7.77. The summed E-state index contributed by atoms with van der Waals surface area (Å²) >= 11 is 4.46. The average Bonchev–Trinajstić information content (AvgIpc) is 2.99. The van der Waals surface area contributed by atoms with Crippen LogP contribution in [0.5, 0.6) is 5.75 Å². The number of ether oxygens (including phenoxy) is 1. The van der Waals surface area contributed by atoms with E-state index in [9.17, 15) is 4.79 Å². The number of aryl methyl sites for hydroxylation is 1. The normalized spacial score (nSPS) is 19.0. The van der Waals surface area contributed by atoms with Gasteiger partial charge in [-0.05, 0) is 57.3 Å². The van der Waals surface area contributed by atoms with Gasteiger partial charge in [-0.1, -0.05) is 26.2 Å². The van der Waals surface area contributed by atoms with E-state index in [0.29, 0.717) is 23.8 Å². The number of rotatable bonds is 7. The number of aromatic nitrogens is 2. The summed E-state index contributed by atoms with van der Waals surface area (Å²) in [4.78, 5) is 25.5. The van der Waals surface area contributed by atoms with E-state index in [1.807, 2.05) is 25.1 Å². The molecule has 0 unspecified atom stereocenters. The van der Waals surface area contributed by atoms with Crippen LogP contribution < -0.4 is 31.7 Å². The lowest BCUT2D eigenvalue weighted by atomic mass is 10.0. The van der Waals surface area contributed by atoms with Crippen LogP contribution in [0, 0.1) is 0 Å². The first-order valence-corrected chi connectivity index (χ1v) is 14.8. The topological polar surface area (TPSA) is 138 Å². The second kappa shape index (κ2) is 14.7. The van der Waals surface area contributed by atoms with Crippen molar-refractivity contribution in [3.8, 4) is 5.75 Å². The van der Waals surface area contributed by atoms with Crippen LogP contribution >= 0.6 is 12.8 Å². The van der Waals surface area contributed by atoms with E-state index >= 15 is 0 Å². The first-order chi connectivity index (χ1) is 19.4. The molecule has 1 amide bonds. The average molecular weight is 572 g/mol. The zero-order valence-electron chi connectivity index (χ0n) is 23.9. The predicted octanol–water partition coefficient (Wildman–Crippen LogP) is 2.66. The fraction of sp³-hybridized carbons (Fsp3) is 0.607. The van der Waals surface area contributed by atoms with Gasteiger partial charge in [0.05, 0.1) is 18.5 Å². The number of thiol groups is 1. The molecule has 0 aliphatic carbocycles. The third kappa shape index (κ3) is 7.90. The molecule has 3 aliphatic heterocycles. The molecule has 6 N–H and O–H groups in total. The molecule has 11 nitrogen and oxygen atoms in total. The standard InChI is InChI=1S/C23H34N8O2S.C5H11N/c1-3-17-21(24)28-23(20(27-17)22(25)32)26-15-4-5-18(19(14-15)33-2)30-8-6-16(7-9-30)29-10-12-31(34)13-11-29;1-2-4-6-5-3-1/h4-5,14,16,34H,3,6-13H2,1-2H3,(H2,25,32)(H3,24,26,28);6H,1-5H2. The van der Waals surface area contributed by atoms with Crippen LogP contribution in [0.1, 0.15) is 55.2 Å². The zero-order valence-corrected chi connectivity index (χ0v) is 24.8. The van der Waals surface area contributed by atoms with Crippen molar-refractivity contribution in [2.75, 3.05) is 75.4 Å². The van der Waals surface area contributed by atoms with E-state index < -0.39 is 5.91 Å². The Morgan fingerprint density at radius 2 is 1.80 bits per heavy atom. The lowest BCUT2D eigenvalue weighted by molar-refractivity contribution is 0.0996. The number of anilines is 4. The molecule has 3 saturated heterocycles. The van der Waals surface area contributed by atoms with Crippen molar-refractivity contribution in [2.45, 2.75) is 51.5 Å². The Morgan fingerprint density at radius 1 is 1.10 bits per heavy atom. The SMILES string of the molecule is C1CCNCC1.CCc1nc(C(N)=O)c(Nc2ccc(N3CCC(N4CCN(S)CC4)CC3)c(OC)c2)nc1N. The minimum Gasteiger partial charge on any atom is -0.495 e. The number of methoxy groups -OCH3 is 1. The molecule has 0 saturated carbocycles. The number of carbonyl (C=O) groups is 1. The van der Waals surface area contributed by atoms with Gasteiger partial charge in [-0.25, -0.2) is 9.97 Å². The van der Waals surface area contributed by atoms with Crippen LogP contribution in [0.25, 0.3) is 0 Å². The van der Waals surface area contributed by atoms with Crippen LogP contribution in [0.3, 0.4) is 0 Å². The van der Waals surface area contributed by atoms with E-state index in [1.54, 1.807) is 7.11 Å². The number of amides is 1. The summed E-state index contributed by atoms with van der Waals surface area (Å²) in [5.41, 5.74) is 13.9. The Kier molecular flexibility index (Phi) is 11.1. The number of nitrogens with zero attached hydrogens (tertiary/aromatic N) is 5. The van der Waals surface area contributed by atoms with E-state index in [-0.39, 0.29) is 17.3 Å². The van der Waals surface area contributed by atoms with Crippen molar-refractivity contribution in [3.63, 3.8) is 0 Å². The van der Waals surface area contributed by atoms with Gasteiger partial charge in [-0.2, -0.15) is 0 Å². The van der Waals surface area contributed by atoms with Crippen LogP contribution in [0.15, 0.2) is 18.2 Å². The number of nitrogens with one attached hydrogen (secondary N) is 2. The monoisotopic (exact) mass is 571 g/mol. The van der Waals surface area contributed by atoms with Gasteiger partial charge in [0.1, 0.15) is 11.6 Å². The number of piperazine rings is 1. The van der Waals surface area contributed by atoms with Gasteiger partial charge < -0.3 is 31.7 Å². The number of hydrogen-bond acceptors (Lipinski definition) is 11. The molecule has 220 valence electrons. The van der Waals surface area contributed by atoms with Gasteiger partial charge in [0.25, 0.3) is 5.91 Å². The van der Waals surface area contributed by atoms with Gasteiger partial charge in [0.2, 0.25) is 0 Å². The van der Waals surface area contributed by atoms with Crippen molar-refractivity contribution in [2.24, 2.45) is 5.73 Å². The molecule has 1 aromatic heterocycles. The lowest BCUT2D eigenvalue weighted by Crippen LogP contribution is -2.51. The maximum atomic E-state index is 11.9. The van der Waals surface area contributed by atoms with Crippen LogP contribution in [-0.4, -0.2) is 90.6 Å². The van der Waals surface area contributed by atoms with Gasteiger partial charge >= 0.3 is 0 Å². The third-order valence-electron chi connectivity index (χ3n) is 7.83. The summed E-state index contributed by atoms with van der Waals surface area (Å²) in [6.07, 6.45) is 7.02.